The van der Waals surface area contributed by atoms with Crippen molar-refractivity contribution < 1.29 is 9.90 Å². The summed E-state index contributed by atoms with van der Waals surface area (Å²) in [5.41, 5.74) is 6.50. The minimum absolute atomic E-state index is 0.0766. The van der Waals surface area contributed by atoms with Crippen molar-refractivity contribution in [3.8, 4) is 0 Å². The number of carboxylic acid groups (broad SMARTS) is 1. The first-order valence-corrected chi connectivity index (χ1v) is 4.00. The first-order chi connectivity index (χ1) is 6.29. The van der Waals surface area contributed by atoms with Gasteiger partial charge in [-0.25, -0.2) is 5.43 Å². The first-order valence-electron chi connectivity index (χ1n) is 4.00. The second-order valence-electron chi connectivity index (χ2n) is 2.59. The van der Waals surface area contributed by atoms with Gasteiger partial charge in [0.2, 0.25) is 0 Å². The molecule has 70 valence electrons. The number of rotatable bonds is 5. The maximum atomic E-state index is 10.1. The maximum Gasteiger partial charge on any atom is 0.318 e. The van der Waals surface area contributed by atoms with Gasteiger partial charge in [0.15, 0.2) is 0 Å². The van der Waals surface area contributed by atoms with Crippen LogP contribution >= 0.6 is 0 Å². The molecule has 13 heavy (non-hydrogen) atoms. The molecular formula is C9H12N2O2. The highest BCUT2D eigenvalue weighted by Crippen LogP contribution is 1.95. The van der Waals surface area contributed by atoms with Crippen LogP contribution in [0.4, 0.5) is 0 Å². The lowest BCUT2D eigenvalue weighted by molar-refractivity contribution is -0.136. The molecule has 0 atom stereocenters. The molecule has 0 heterocycles. The number of carbonyl (C=O) groups is 1. The largest absolute Gasteiger partial charge is 0.480 e. The standard InChI is InChI=1S/C9H12N2O2/c12-9(13)7-11-10-6-8-4-2-1-3-5-8/h1-5,10-11H,6-7H2,(H,12,13). The van der Waals surface area contributed by atoms with Crippen LogP contribution in [0.15, 0.2) is 30.3 Å². The Morgan fingerprint density at radius 1 is 1.23 bits per heavy atom. The molecule has 0 aliphatic rings. The zero-order valence-electron chi connectivity index (χ0n) is 7.16. The molecule has 0 bridgehead atoms. The Morgan fingerprint density at radius 3 is 2.54 bits per heavy atom. The molecule has 0 unspecified atom stereocenters. The van der Waals surface area contributed by atoms with Crippen molar-refractivity contribution >= 4 is 5.97 Å². The van der Waals surface area contributed by atoms with E-state index in [-0.39, 0.29) is 6.54 Å². The highest BCUT2D eigenvalue weighted by atomic mass is 16.4. The number of hydrogen-bond donors (Lipinski definition) is 3. The fourth-order valence-electron chi connectivity index (χ4n) is 0.899. The van der Waals surface area contributed by atoms with Crippen molar-refractivity contribution in [3.63, 3.8) is 0 Å². The van der Waals surface area contributed by atoms with Crippen LogP contribution in [0, 0.1) is 0 Å². The molecule has 0 saturated heterocycles. The van der Waals surface area contributed by atoms with Crippen LogP contribution < -0.4 is 10.9 Å². The molecule has 0 saturated carbocycles. The lowest BCUT2D eigenvalue weighted by Gasteiger charge is -2.03. The monoisotopic (exact) mass is 180 g/mol. The van der Waals surface area contributed by atoms with E-state index in [0.29, 0.717) is 6.54 Å². The predicted molar refractivity (Wildman–Crippen MR) is 48.9 cm³/mol. The zero-order chi connectivity index (χ0) is 9.52. The molecule has 0 amide bonds. The van der Waals surface area contributed by atoms with Crippen molar-refractivity contribution in [2.24, 2.45) is 0 Å². The lowest BCUT2D eigenvalue weighted by Crippen LogP contribution is -2.35. The third-order valence-corrected chi connectivity index (χ3v) is 1.50. The van der Waals surface area contributed by atoms with Crippen LogP contribution in [-0.2, 0) is 11.3 Å². The van der Waals surface area contributed by atoms with E-state index in [1.807, 2.05) is 30.3 Å². The number of aliphatic carboxylic acids is 1. The van der Waals surface area contributed by atoms with Crippen LogP contribution in [-0.4, -0.2) is 17.6 Å². The van der Waals surface area contributed by atoms with E-state index in [4.69, 9.17) is 5.11 Å². The molecule has 0 radical (unpaired) electrons. The van der Waals surface area contributed by atoms with Crippen LogP contribution in [0.3, 0.4) is 0 Å². The van der Waals surface area contributed by atoms with Crippen molar-refractivity contribution in [1.29, 1.82) is 0 Å². The Kier molecular flexibility index (Phi) is 3.95. The smallest absolute Gasteiger partial charge is 0.318 e. The van der Waals surface area contributed by atoms with Gasteiger partial charge in [-0.15, -0.1) is 0 Å². The average Bonchev–Trinajstić information content (AvgIpc) is 2.14. The fraction of sp³-hybridized carbons (Fsp3) is 0.222. The Balaban J connectivity index is 2.17. The Hall–Kier alpha value is -1.39. The summed E-state index contributed by atoms with van der Waals surface area (Å²) >= 11 is 0. The predicted octanol–water partition coefficient (Wildman–Crippen LogP) is 0.365. The Morgan fingerprint density at radius 2 is 1.92 bits per heavy atom. The minimum atomic E-state index is -0.874. The van der Waals surface area contributed by atoms with E-state index < -0.39 is 5.97 Å². The first kappa shape index (κ1) is 9.70. The molecule has 4 heteroatoms. The van der Waals surface area contributed by atoms with Gasteiger partial charge in [0.05, 0.1) is 0 Å². The SMILES string of the molecule is O=C(O)CNNCc1ccccc1. The highest BCUT2D eigenvalue weighted by molar-refractivity contribution is 5.68. The summed E-state index contributed by atoms with van der Waals surface area (Å²) < 4.78 is 0. The molecule has 1 aromatic carbocycles. The maximum absolute atomic E-state index is 10.1. The van der Waals surface area contributed by atoms with Crippen LogP contribution in [0.25, 0.3) is 0 Å². The summed E-state index contributed by atoms with van der Waals surface area (Å²) in [7, 11) is 0. The molecule has 3 N–H and O–H groups in total. The van der Waals surface area contributed by atoms with Gasteiger partial charge in [0, 0.05) is 6.54 Å². The van der Waals surface area contributed by atoms with Gasteiger partial charge in [-0.1, -0.05) is 30.3 Å². The quantitative estimate of drug-likeness (QED) is 0.452. The number of nitrogens with one attached hydrogen (secondary N) is 2. The van der Waals surface area contributed by atoms with E-state index in [1.54, 1.807) is 0 Å². The number of carboxylic acids is 1. The fourth-order valence-corrected chi connectivity index (χ4v) is 0.899. The number of hydrogen-bond acceptors (Lipinski definition) is 3. The van der Waals surface area contributed by atoms with Gasteiger partial charge in [-0.2, -0.15) is 0 Å². The van der Waals surface area contributed by atoms with Crippen LogP contribution in [0.5, 0.6) is 0 Å². The lowest BCUT2D eigenvalue weighted by atomic mass is 10.2. The summed E-state index contributed by atoms with van der Waals surface area (Å²) in [5.74, 6) is -0.874. The van der Waals surface area contributed by atoms with Gasteiger partial charge in [0.25, 0.3) is 0 Å². The molecule has 0 aromatic heterocycles. The summed E-state index contributed by atoms with van der Waals surface area (Å²) in [6.45, 7) is 0.543. The van der Waals surface area contributed by atoms with Gasteiger partial charge >= 0.3 is 5.97 Å². The van der Waals surface area contributed by atoms with E-state index in [1.165, 1.54) is 0 Å². The molecule has 0 fully saturated rings. The second kappa shape index (κ2) is 5.29. The van der Waals surface area contributed by atoms with Crippen molar-refractivity contribution in [2.75, 3.05) is 6.54 Å². The topological polar surface area (TPSA) is 61.4 Å². The number of hydrazine groups is 1. The van der Waals surface area contributed by atoms with Crippen LogP contribution in [0.2, 0.25) is 0 Å². The molecule has 0 aliphatic carbocycles. The van der Waals surface area contributed by atoms with Crippen molar-refractivity contribution in [2.45, 2.75) is 6.54 Å². The summed E-state index contributed by atoms with van der Waals surface area (Å²) in [4.78, 5) is 10.1. The summed E-state index contributed by atoms with van der Waals surface area (Å²) in [5, 5.41) is 8.31. The van der Waals surface area contributed by atoms with Crippen molar-refractivity contribution in [3.05, 3.63) is 35.9 Å². The summed E-state index contributed by atoms with van der Waals surface area (Å²) in [6.07, 6.45) is 0. The molecule has 1 aromatic rings. The minimum Gasteiger partial charge on any atom is -0.480 e. The normalized spacial score (nSPS) is 9.85. The van der Waals surface area contributed by atoms with E-state index in [2.05, 4.69) is 10.9 Å². The van der Waals surface area contributed by atoms with E-state index >= 15 is 0 Å². The van der Waals surface area contributed by atoms with Crippen LogP contribution in [0.1, 0.15) is 5.56 Å². The summed E-state index contributed by atoms with van der Waals surface area (Å²) in [6, 6.07) is 9.75. The molecule has 0 spiro atoms. The molecule has 1 rings (SSSR count). The molecule has 4 nitrogen and oxygen atoms in total. The zero-order valence-corrected chi connectivity index (χ0v) is 7.16. The van der Waals surface area contributed by atoms with Crippen molar-refractivity contribution in [1.82, 2.24) is 10.9 Å². The van der Waals surface area contributed by atoms with E-state index in [0.717, 1.165) is 5.56 Å². The van der Waals surface area contributed by atoms with Gasteiger partial charge < -0.3 is 5.11 Å². The highest BCUT2D eigenvalue weighted by Gasteiger charge is 1.93. The third-order valence-electron chi connectivity index (χ3n) is 1.50. The molecular weight excluding hydrogens is 168 g/mol. The van der Waals surface area contributed by atoms with Gasteiger partial charge in [-0.3, -0.25) is 10.2 Å². The van der Waals surface area contributed by atoms with Gasteiger partial charge in [-0.05, 0) is 5.56 Å². The van der Waals surface area contributed by atoms with Gasteiger partial charge in [0.1, 0.15) is 6.54 Å². The third kappa shape index (κ3) is 4.25. The molecule has 0 aliphatic heterocycles. The Labute approximate surface area is 76.6 Å². The number of benzene rings is 1. The Bertz CT molecular complexity index is 262. The average molecular weight is 180 g/mol. The second-order valence-corrected chi connectivity index (χ2v) is 2.59. The van der Waals surface area contributed by atoms with E-state index in [9.17, 15) is 4.79 Å².